The minimum absolute atomic E-state index is 0.196. The van der Waals surface area contributed by atoms with Gasteiger partial charge in [-0.25, -0.2) is 0 Å². The standard InChI is InChI=1S/C15H16N4O/c1-12-4-6-14(7-5-12)15(20)19-18-11-17-10-13-3-2-8-16-9-13/h2-9,11H,10H2,1H3,(H,17,18)(H,19,20). The van der Waals surface area contributed by atoms with Gasteiger partial charge in [-0.05, 0) is 30.7 Å². The van der Waals surface area contributed by atoms with Crippen molar-refractivity contribution in [3.63, 3.8) is 0 Å². The van der Waals surface area contributed by atoms with Gasteiger partial charge in [0.1, 0.15) is 6.34 Å². The van der Waals surface area contributed by atoms with Crippen molar-refractivity contribution in [3.05, 3.63) is 65.5 Å². The Balaban J connectivity index is 1.75. The third-order valence-corrected chi connectivity index (χ3v) is 2.65. The normalized spacial score (nSPS) is 10.4. The maximum absolute atomic E-state index is 11.7. The van der Waals surface area contributed by atoms with Gasteiger partial charge < -0.3 is 0 Å². The first-order valence-electron chi connectivity index (χ1n) is 6.25. The van der Waals surface area contributed by atoms with Crippen molar-refractivity contribution in [1.82, 2.24) is 15.8 Å². The largest absolute Gasteiger partial charge is 0.288 e. The number of hydrogen-bond acceptors (Lipinski definition) is 3. The van der Waals surface area contributed by atoms with E-state index in [-0.39, 0.29) is 5.91 Å². The second kappa shape index (κ2) is 7.04. The molecule has 1 aromatic heterocycles. The summed E-state index contributed by atoms with van der Waals surface area (Å²) < 4.78 is 0. The predicted octanol–water partition coefficient (Wildman–Crippen LogP) is 1.85. The first-order valence-corrected chi connectivity index (χ1v) is 6.25. The maximum atomic E-state index is 11.7. The van der Waals surface area contributed by atoms with E-state index in [1.807, 2.05) is 31.2 Å². The highest BCUT2D eigenvalue weighted by molar-refractivity contribution is 5.94. The summed E-state index contributed by atoms with van der Waals surface area (Å²) in [5, 5.41) is 0. The van der Waals surface area contributed by atoms with Crippen molar-refractivity contribution >= 4 is 12.2 Å². The van der Waals surface area contributed by atoms with Crippen LogP contribution in [0.2, 0.25) is 0 Å². The van der Waals surface area contributed by atoms with E-state index < -0.39 is 0 Å². The molecule has 2 aromatic rings. The molecular formula is C15H16N4O. The number of benzene rings is 1. The number of carbonyl (C=O) groups excluding carboxylic acids is 1. The minimum atomic E-state index is -0.196. The van der Waals surface area contributed by atoms with Crippen LogP contribution in [0.4, 0.5) is 0 Å². The summed E-state index contributed by atoms with van der Waals surface area (Å²) in [5.74, 6) is -0.196. The van der Waals surface area contributed by atoms with E-state index in [9.17, 15) is 4.79 Å². The van der Waals surface area contributed by atoms with Crippen LogP contribution in [0.1, 0.15) is 21.5 Å². The van der Waals surface area contributed by atoms with Crippen LogP contribution in [-0.4, -0.2) is 17.2 Å². The highest BCUT2D eigenvalue weighted by atomic mass is 16.2. The Bertz CT molecular complexity index is 579. The topological polar surface area (TPSA) is 66.4 Å². The second-order valence-corrected chi connectivity index (χ2v) is 4.30. The lowest BCUT2D eigenvalue weighted by Crippen LogP contribution is -2.36. The lowest BCUT2D eigenvalue weighted by molar-refractivity contribution is 0.0944. The van der Waals surface area contributed by atoms with Crippen LogP contribution in [0.25, 0.3) is 0 Å². The molecule has 2 rings (SSSR count). The summed E-state index contributed by atoms with van der Waals surface area (Å²) in [6, 6.07) is 11.1. The van der Waals surface area contributed by atoms with E-state index in [4.69, 9.17) is 0 Å². The molecule has 0 fully saturated rings. The zero-order valence-corrected chi connectivity index (χ0v) is 11.2. The maximum Gasteiger partial charge on any atom is 0.269 e. The summed E-state index contributed by atoms with van der Waals surface area (Å²) in [4.78, 5) is 19.9. The number of nitrogens with zero attached hydrogens (tertiary/aromatic N) is 2. The van der Waals surface area contributed by atoms with E-state index in [0.29, 0.717) is 12.1 Å². The van der Waals surface area contributed by atoms with Gasteiger partial charge >= 0.3 is 0 Å². The molecule has 20 heavy (non-hydrogen) atoms. The Hall–Kier alpha value is -2.69. The van der Waals surface area contributed by atoms with Gasteiger partial charge in [0.25, 0.3) is 5.91 Å². The lowest BCUT2D eigenvalue weighted by atomic mass is 10.1. The molecule has 0 bridgehead atoms. The predicted molar refractivity (Wildman–Crippen MR) is 78.2 cm³/mol. The number of aliphatic imine (C=N–C) groups is 1. The molecule has 0 atom stereocenters. The highest BCUT2D eigenvalue weighted by Gasteiger charge is 2.02. The van der Waals surface area contributed by atoms with Gasteiger partial charge in [0, 0.05) is 18.0 Å². The smallest absolute Gasteiger partial charge is 0.269 e. The first kappa shape index (κ1) is 13.7. The number of hydrazine groups is 1. The monoisotopic (exact) mass is 268 g/mol. The van der Waals surface area contributed by atoms with Crippen LogP contribution >= 0.6 is 0 Å². The highest BCUT2D eigenvalue weighted by Crippen LogP contribution is 2.02. The van der Waals surface area contributed by atoms with Crippen molar-refractivity contribution in [2.24, 2.45) is 4.99 Å². The number of nitrogens with one attached hydrogen (secondary N) is 2. The summed E-state index contributed by atoms with van der Waals surface area (Å²) in [6.07, 6.45) is 4.93. The molecule has 0 saturated carbocycles. The van der Waals surface area contributed by atoms with E-state index in [2.05, 4.69) is 20.8 Å². The third-order valence-electron chi connectivity index (χ3n) is 2.65. The van der Waals surface area contributed by atoms with E-state index >= 15 is 0 Å². The average molecular weight is 268 g/mol. The summed E-state index contributed by atoms with van der Waals surface area (Å²) in [7, 11) is 0. The average Bonchev–Trinajstić information content (AvgIpc) is 2.48. The van der Waals surface area contributed by atoms with E-state index in [1.54, 1.807) is 24.5 Å². The molecule has 1 aromatic carbocycles. The summed E-state index contributed by atoms with van der Waals surface area (Å²) in [5.41, 5.74) is 7.94. The number of hydrogen-bond donors (Lipinski definition) is 2. The van der Waals surface area contributed by atoms with Crippen LogP contribution in [0.15, 0.2) is 53.8 Å². The molecule has 5 nitrogen and oxygen atoms in total. The van der Waals surface area contributed by atoms with Crippen molar-refractivity contribution in [2.75, 3.05) is 0 Å². The van der Waals surface area contributed by atoms with Gasteiger partial charge in [-0.1, -0.05) is 23.8 Å². The molecule has 1 heterocycles. The molecule has 5 heteroatoms. The van der Waals surface area contributed by atoms with Gasteiger partial charge in [-0.15, -0.1) is 0 Å². The van der Waals surface area contributed by atoms with E-state index in [0.717, 1.165) is 11.1 Å². The van der Waals surface area contributed by atoms with Gasteiger partial charge in [0.15, 0.2) is 0 Å². The van der Waals surface area contributed by atoms with Crippen molar-refractivity contribution in [1.29, 1.82) is 0 Å². The van der Waals surface area contributed by atoms with Crippen LogP contribution < -0.4 is 10.9 Å². The molecule has 0 spiro atoms. The number of rotatable bonds is 5. The molecule has 0 aliphatic heterocycles. The van der Waals surface area contributed by atoms with Gasteiger partial charge in [0.05, 0.1) is 6.54 Å². The number of amides is 1. The zero-order valence-electron chi connectivity index (χ0n) is 11.2. The molecule has 0 aliphatic rings. The summed E-state index contributed by atoms with van der Waals surface area (Å²) in [6.45, 7) is 2.49. The van der Waals surface area contributed by atoms with Crippen LogP contribution in [-0.2, 0) is 6.54 Å². The van der Waals surface area contributed by atoms with E-state index in [1.165, 1.54) is 6.34 Å². The molecule has 0 saturated heterocycles. The molecule has 102 valence electrons. The molecule has 0 unspecified atom stereocenters. The fourth-order valence-electron chi connectivity index (χ4n) is 1.56. The lowest BCUT2D eigenvalue weighted by Gasteiger charge is -2.04. The Kier molecular flexibility index (Phi) is 4.83. The molecule has 0 radical (unpaired) electrons. The molecular weight excluding hydrogens is 252 g/mol. The van der Waals surface area contributed by atoms with Crippen LogP contribution in [0.3, 0.4) is 0 Å². The van der Waals surface area contributed by atoms with Gasteiger partial charge in [-0.2, -0.15) is 0 Å². The fourth-order valence-corrected chi connectivity index (χ4v) is 1.56. The Morgan fingerprint density at radius 2 is 2.10 bits per heavy atom. The Labute approximate surface area is 117 Å². The van der Waals surface area contributed by atoms with Crippen molar-refractivity contribution in [2.45, 2.75) is 13.5 Å². The van der Waals surface area contributed by atoms with Crippen molar-refractivity contribution in [3.8, 4) is 0 Å². The molecule has 2 N–H and O–H groups in total. The number of aryl methyl sites for hydroxylation is 1. The first-order chi connectivity index (χ1) is 9.75. The van der Waals surface area contributed by atoms with Crippen LogP contribution in [0.5, 0.6) is 0 Å². The SMILES string of the molecule is Cc1ccc(C(=O)NNC=NCc2cccnc2)cc1. The molecule has 0 aliphatic carbocycles. The number of aromatic nitrogens is 1. The Morgan fingerprint density at radius 3 is 2.80 bits per heavy atom. The van der Waals surface area contributed by atoms with Gasteiger partial charge in [0.2, 0.25) is 0 Å². The van der Waals surface area contributed by atoms with Gasteiger partial charge in [-0.3, -0.25) is 25.6 Å². The second-order valence-electron chi connectivity index (χ2n) is 4.30. The minimum Gasteiger partial charge on any atom is -0.288 e. The van der Waals surface area contributed by atoms with Crippen LogP contribution in [0, 0.1) is 6.92 Å². The zero-order chi connectivity index (χ0) is 14.2. The van der Waals surface area contributed by atoms with Crippen molar-refractivity contribution < 1.29 is 4.79 Å². The quantitative estimate of drug-likeness (QED) is 0.494. The number of pyridine rings is 1. The molecule has 1 amide bonds. The summed E-state index contributed by atoms with van der Waals surface area (Å²) >= 11 is 0. The third kappa shape index (κ3) is 4.20. The fraction of sp³-hybridized carbons (Fsp3) is 0.133. The Morgan fingerprint density at radius 1 is 1.30 bits per heavy atom. The number of carbonyl (C=O) groups is 1.